The third-order valence-corrected chi connectivity index (χ3v) is 2.78. The van der Waals surface area contributed by atoms with Gasteiger partial charge in [0.1, 0.15) is 5.69 Å². The smallest absolute Gasteiger partial charge is 0.154 e. The maximum Gasteiger partial charge on any atom is 0.154 e. The van der Waals surface area contributed by atoms with Crippen molar-refractivity contribution in [1.82, 2.24) is 15.0 Å². The fourth-order valence-corrected chi connectivity index (χ4v) is 2.13. The molecule has 1 heterocycles. The van der Waals surface area contributed by atoms with Gasteiger partial charge in [-0.2, -0.15) is 0 Å². The first-order valence-electron chi connectivity index (χ1n) is 4.78. The fourth-order valence-electron chi connectivity index (χ4n) is 1.54. The average molecular weight is 278 g/mol. The molecule has 0 aliphatic carbocycles. The van der Waals surface area contributed by atoms with Crippen molar-refractivity contribution >= 4 is 15.9 Å². The molecule has 1 aromatic rings. The summed E-state index contributed by atoms with van der Waals surface area (Å²) in [5.74, 6) is 0.298. The highest BCUT2D eigenvalue weighted by Gasteiger charge is 2.19. The van der Waals surface area contributed by atoms with Crippen molar-refractivity contribution in [2.45, 2.75) is 19.4 Å². The van der Waals surface area contributed by atoms with Crippen LogP contribution in [0, 0.1) is 5.92 Å². The number of aliphatic hydroxyl groups excluding tert-OH is 1. The van der Waals surface area contributed by atoms with Gasteiger partial charge in [0.2, 0.25) is 0 Å². The Bertz CT molecular complexity index is 297. The maximum atomic E-state index is 9.98. The second-order valence-corrected chi connectivity index (χ2v) is 4.45. The van der Waals surface area contributed by atoms with Crippen LogP contribution in [0.1, 0.15) is 25.1 Å². The van der Waals surface area contributed by atoms with Crippen LogP contribution in [0.3, 0.4) is 0 Å². The number of halogens is 1. The topological polar surface area (TPSA) is 60.2 Å². The van der Waals surface area contributed by atoms with Crippen LogP contribution in [0.5, 0.6) is 0 Å². The van der Waals surface area contributed by atoms with E-state index in [1.807, 2.05) is 6.92 Å². The largest absolute Gasteiger partial charge is 0.387 e. The predicted molar refractivity (Wildman–Crippen MR) is 59.3 cm³/mol. The summed E-state index contributed by atoms with van der Waals surface area (Å²) in [5.41, 5.74) is 0.706. The van der Waals surface area contributed by atoms with Crippen molar-refractivity contribution in [3.63, 3.8) is 0 Å². The second-order valence-electron chi connectivity index (χ2n) is 3.70. The molecular weight excluding hydrogens is 262 g/mol. The Kier molecular flexibility index (Phi) is 4.69. The highest BCUT2D eigenvalue weighted by molar-refractivity contribution is 9.10. The summed E-state index contributed by atoms with van der Waals surface area (Å²) >= 11 is 3.26. The van der Waals surface area contributed by atoms with Gasteiger partial charge in [0, 0.05) is 20.8 Å². The van der Waals surface area contributed by atoms with Gasteiger partial charge >= 0.3 is 0 Å². The van der Waals surface area contributed by atoms with E-state index in [9.17, 15) is 5.11 Å². The van der Waals surface area contributed by atoms with Crippen LogP contribution < -0.4 is 0 Å². The Labute approximate surface area is 97.6 Å². The van der Waals surface area contributed by atoms with Crippen molar-refractivity contribution in [2.75, 3.05) is 13.7 Å². The maximum absolute atomic E-state index is 9.98. The summed E-state index contributed by atoms with van der Waals surface area (Å²) < 4.78 is 7.20. The molecule has 15 heavy (non-hydrogen) atoms. The highest BCUT2D eigenvalue weighted by atomic mass is 79.9. The summed E-state index contributed by atoms with van der Waals surface area (Å²) in [7, 11) is 3.42. The molecule has 0 radical (unpaired) electrons. The van der Waals surface area contributed by atoms with Crippen LogP contribution in [-0.2, 0) is 11.8 Å². The van der Waals surface area contributed by atoms with E-state index >= 15 is 0 Å². The molecule has 0 aromatic carbocycles. The number of rotatable bonds is 5. The van der Waals surface area contributed by atoms with E-state index in [1.54, 1.807) is 18.8 Å². The minimum Gasteiger partial charge on any atom is -0.387 e. The van der Waals surface area contributed by atoms with Gasteiger partial charge in [0.15, 0.2) is 4.60 Å². The average Bonchev–Trinajstić information content (AvgIpc) is 2.46. The molecule has 0 aliphatic rings. The van der Waals surface area contributed by atoms with Gasteiger partial charge in [-0.05, 0) is 28.3 Å². The van der Waals surface area contributed by atoms with Gasteiger partial charge in [-0.1, -0.05) is 12.1 Å². The summed E-state index contributed by atoms with van der Waals surface area (Å²) in [6, 6.07) is 0. The lowest BCUT2D eigenvalue weighted by Gasteiger charge is -2.15. The molecular formula is C9H16BrN3O2. The van der Waals surface area contributed by atoms with Crippen LogP contribution >= 0.6 is 15.9 Å². The summed E-state index contributed by atoms with van der Waals surface area (Å²) in [5, 5.41) is 17.6. The molecule has 2 atom stereocenters. The zero-order chi connectivity index (χ0) is 11.4. The first kappa shape index (κ1) is 12.6. The van der Waals surface area contributed by atoms with Crippen LogP contribution in [0.25, 0.3) is 0 Å². The Hall–Kier alpha value is -0.460. The van der Waals surface area contributed by atoms with E-state index in [2.05, 4.69) is 26.2 Å². The number of hydrogen-bond acceptors (Lipinski definition) is 4. The number of methoxy groups -OCH3 is 1. The Morgan fingerprint density at radius 3 is 2.73 bits per heavy atom. The Morgan fingerprint density at radius 1 is 1.60 bits per heavy atom. The zero-order valence-corrected chi connectivity index (χ0v) is 10.7. The predicted octanol–water partition coefficient (Wildman–Crippen LogP) is 1.28. The third kappa shape index (κ3) is 3.25. The lowest BCUT2D eigenvalue weighted by Crippen LogP contribution is -2.12. The lowest BCUT2D eigenvalue weighted by molar-refractivity contribution is 0.0968. The molecule has 0 aliphatic heterocycles. The Morgan fingerprint density at radius 2 is 2.27 bits per heavy atom. The van der Waals surface area contributed by atoms with Crippen LogP contribution in [0.15, 0.2) is 4.60 Å². The molecule has 0 spiro atoms. The minimum absolute atomic E-state index is 0.298. The van der Waals surface area contributed by atoms with E-state index < -0.39 is 6.10 Å². The zero-order valence-electron chi connectivity index (χ0n) is 9.14. The van der Waals surface area contributed by atoms with E-state index in [-0.39, 0.29) is 0 Å². The van der Waals surface area contributed by atoms with Gasteiger partial charge in [0.05, 0.1) is 6.10 Å². The molecule has 0 amide bonds. The summed E-state index contributed by atoms with van der Waals surface area (Å²) in [6.45, 7) is 2.67. The van der Waals surface area contributed by atoms with E-state index in [1.165, 1.54) is 0 Å². The molecule has 0 fully saturated rings. The number of aryl methyl sites for hydroxylation is 1. The SMILES string of the molecule is COCC(C)CC(O)c1c(Br)nnn1C. The van der Waals surface area contributed by atoms with Gasteiger partial charge < -0.3 is 9.84 Å². The summed E-state index contributed by atoms with van der Waals surface area (Å²) in [6.07, 6.45) is 0.0673. The van der Waals surface area contributed by atoms with Gasteiger partial charge in [-0.15, -0.1) is 5.10 Å². The molecule has 86 valence electrons. The summed E-state index contributed by atoms with van der Waals surface area (Å²) in [4.78, 5) is 0. The number of ether oxygens (including phenoxy) is 1. The van der Waals surface area contributed by atoms with Gasteiger partial charge in [-0.25, -0.2) is 4.68 Å². The van der Waals surface area contributed by atoms with Crippen LogP contribution in [0.4, 0.5) is 0 Å². The molecule has 1 N–H and O–H groups in total. The molecule has 2 unspecified atom stereocenters. The van der Waals surface area contributed by atoms with Crippen molar-refractivity contribution in [3.8, 4) is 0 Å². The normalized spacial score (nSPS) is 15.3. The minimum atomic E-state index is -0.565. The van der Waals surface area contributed by atoms with Crippen molar-refractivity contribution in [1.29, 1.82) is 0 Å². The number of aliphatic hydroxyl groups is 1. The molecule has 1 rings (SSSR count). The molecule has 0 saturated heterocycles. The highest BCUT2D eigenvalue weighted by Crippen LogP contribution is 2.25. The Balaban J connectivity index is 2.64. The van der Waals surface area contributed by atoms with Gasteiger partial charge in [-0.3, -0.25) is 0 Å². The first-order valence-corrected chi connectivity index (χ1v) is 5.57. The molecule has 6 heteroatoms. The first-order chi connectivity index (χ1) is 7.06. The second kappa shape index (κ2) is 5.58. The van der Waals surface area contributed by atoms with Crippen molar-refractivity contribution in [3.05, 3.63) is 10.3 Å². The number of aromatic nitrogens is 3. The van der Waals surface area contributed by atoms with E-state index in [4.69, 9.17) is 4.74 Å². The lowest BCUT2D eigenvalue weighted by atomic mass is 10.0. The van der Waals surface area contributed by atoms with E-state index in [0.717, 1.165) is 0 Å². The molecule has 0 bridgehead atoms. The van der Waals surface area contributed by atoms with E-state index in [0.29, 0.717) is 29.2 Å². The standard InChI is InChI=1S/C9H16BrN3O2/c1-6(5-15-3)4-7(14)8-9(10)11-12-13(8)2/h6-7,14H,4-5H2,1-3H3. The van der Waals surface area contributed by atoms with Crippen LogP contribution in [-0.4, -0.2) is 33.8 Å². The fraction of sp³-hybridized carbons (Fsp3) is 0.778. The molecule has 0 saturated carbocycles. The quantitative estimate of drug-likeness (QED) is 0.881. The number of nitrogens with zero attached hydrogens (tertiary/aromatic N) is 3. The number of hydrogen-bond donors (Lipinski definition) is 1. The monoisotopic (exact) mass is 277 g/mol. The van der Waals surface area contributed by atoms with Crippen molar-refractivity contribution < 1.29 is 9.84 Å². The molecule has 5 nitrogen and oxygen atoms in total. The molecule has 1 aromatic heterocycles. The van der Waals surface area contributed by atoms with Crippen LogP contribution in [0.2, 0.25) is 0 Å². The van der Waals surface area contributed by atoms with Gasteiger partial charge in [0.25, 0.3) is 0 Å². The van der Waals surface area contributed by atoms with Crippen molar-refractivity contribution in [2.24, 2.45) is 13.0 Å². The third-order valence-electron chi connectivity index (χ3n) is 2.22.